The summed E-state index contributed by atoms with van der Waals surface area (Å²) in [6, 6.07) is 8.69. The molecule has 178 valence electrons. The van der Waals surface area contributed by atoms with Gasteiger partial charge in [0.2, 0.25) is 12.3 Å². The topological polar surface area (TPSA) is 61.4 Å². The van der Waals surface area contributed by atoms with Gasteiger partial charge >= 0.3 is 0 Å². The van der Waals surface area contributed by atoms with Crippen molar-refractivity contribution in [3.8, 4) is 12.3 Å². The number of amides is 2. The van der Waals surface area contributed by atoms with Crippen molar-refractivity contribution in [1.82, 2.24) is 15.5 Å². The summed E-state index contributed by atoms with van der Waals surface area (Å²) in [5.74, 6) is 3.50. The van der Waals surface area contributed by atoms with Gasteiger partial charge in [-0.25, -0.2) is 0 Å². The summed E-state index contributed by atoms with van der Waals surface area (Å²) < 4.78 is 0. The van der Waals surface area contributed by atoms with Crippen molar-refractivity contribution in [2.45, 2.75) is 69.2 Å². The summed E-state index contributed by atoms with van der Waals surface area (Å²) in [6.45, 7) is 6.95. The standard InChI is InChI=1S/C13H19NS.C10H14N2O2.C3H8/c1-14-9-7-12(8-10-14)11-3-5-13(15-2)6-4-11;1-2-5-11-10(14)9(12-7-13)6-8-3-4-8;1-3-2/h3-6,12H,7-10H2,1-2H3;1,7-9H,3-6H2,(H,11,14)(H,12,13);3H2,1-2H3. The summed E-state index contributed by atoms with van der Waals surface area (Å²) in [4.78, 5) is 25.5. The monoisotopic (exact) mass is 459 g/mol. The highest BCUT2D eigenvalue weighted by molar-refractivity contribution is 7.98. The Bertz CT molecular complexity index is 690. The van der Waals surface area contributed by atoms with Crippen LogP contribution in [0.15, 0.2) is 29.2 Å². The fourth-order valence-electron chi connectivity index (χ4n) is 3.50. The van der Waals surface area contributed by atoms with E-state index in [0.717, 1.165) is 25.2 Å². The Morgan fingerprint density at radius 2 is 1.81 bits per heavy atom. The molecule has 0 aromatic heterocycles. The van der Waals surface area contributed by atoms with Gasteiger partial charge in [-0.1, -0.05) is 51.2 Å². The third-order valence-electron chi connectivity index (χ3n) is 5.52. The van der Waals surface area contributed by atoms with Gasteiger partial charge in [0.25, 0.3) is 0 Å². The van der Waals surface area contributed by atoms with Crippen LogP contribution in [0.5, 0.6) is 0 Å². The van der Waals surface area contributed by atoms with Gasteiger partial charge in [-0.3, -0.25) is 9.59 Å². The molecule has 1 aliphatic carbocycles. The van der Waals surface area contributed by atoms with Crippen LogP contribution in [-0.2, 0) is 9.59 Å². The van der Waals surface area contributed by atoms with E-state index in [2.05, 4.69) is 72.9 Å². The molecule has 1 aromatic carbocycles. The molecule has 3 rings (SSSR count). The van der Waals surface area contributed by atoms with Gasteiger partial charge in [0.15, 0.2) is 0 Å². The van der Waals surface area contributed by atoms with Gasteiger partial charge in [-0.2, -0.15) is 0 Å². The minimum Gasteiger partial charge on any atom is -0.347 e. The molecule has 1 saturated heterocycles. The molecule has 5 nitrogen and oxygen atoms in total. The van der Waals surface area contributed by atoms with Gasteiger partial charge < -0.3 is 15.5 Å². The minimum atomic E-state index is -0.423. The van der Waals surface area contributed by atoms with E-state index in [1.165, 1.54) is 42.8 Å². The van der Waals surface area contributed by atoms with Gasteiger partial charge in [0, 0.05) is 4.90 Å². The second kappa shape index (κ2) is 16.6. The second-order valence-electron chi connectivity index (χ2n) is 8.50. The maximum atomic E-state index is 11.4. The largest absolute Gasteiger partial charge is 0.347 e. The fourth-order valence-corrected chi connectivity index (χ4v) is 3.91. The molecule has 2 fully saturated rings. The summed E-state index contributed by atoms with van der Waals surface area (Å²) in [6.07, 6.45) is 14.6. The van der Waals surface area contributed by atoms with E-state index in [9.17, 15) is 9.59 Å². The molecule has 0 radical (unpaired) electrons. The van der Waals surface area contributed by atoms with E-state index < -0.39 is 6.04 Å². The molecule has 1 unspecified atom stereocenters. The second-order valence-corrected chi connectivity index (χ2v) is 9.38. The Kier molecular flexibility index (Phi) is 14.6. The zero-order valence-electron chi connectivity index (χ0n) is 20.2. The summed E-state index contributed by atoms with van der Waals surface area (Å²) in [5.41, 5.74) is 1.53. The van der Waals surface area contributed by atoms with Crippen LogP contribution in [0, 0.1) is 18.3 Å². The predicted molar refractivity (Wildman–Crippen MR) is 136 cm³/mol. The maximum absolute atomic E-state index is 11.4. The predicted octanol–water partition coefficient (Wildman–Crippen LogP) is 4.28. The van der Waals surface area contributed by atoms with Gasteiger partial charge in [0.1, 0.15) is 6.04 Å². The van der Waals surface area contributed by atoms with Crippen LogP contribution in [-0.4, -0.2) is 56.2 Å². The van der Waals surface area contributed by atoms with Crippen molar-refractivity contribution in [3.63, 3.8) is 0 Å². The van der Waals surface area contributed by atoms with E-state index >= 15 is 0 Å². The van der Waals surface area contributed by atoms with Crippen LogP contribution in [0.3, 0.4) is 0 Å². The number of hydrogen-bond donors (Lipinski definition) is 2. The summed E-state index contributed by atoms with van der Waals surface area (Å²) in [5, 5.41) is 5.06. The van der Waals surface area contributed by atoms with Crippen molar-refractivity contribution in [1.29, 1.82) is 0 Å². The first-order valence-electron chi connectivity index (χ1n) is 11.7. The first-order valence-corrected chi connectivity index (χ1v) is 12.9. The molecule has 2 amide bonds. The molecule has 1 heterocycles. The molecule has 1 aliphatic heterocycles. The van der Waals surface area contributed by atoms with Crippen molar-refractivity contribution in [3.05, 3.63) is 29.8 Å². The first kappa shape index (κ1) is 28.1. The lowest BCUT2D eigenvalue weighted by atomic mass is 9.90. The molecule has 0 bridgehead atoms. The highest BCUT2D eigenvalue weighted by Crippen LogP contribution is 2.33. The number of nitrogens with zero attached hydrogens (tertiary/aromatic N) is 1. The van der Waals surface area contributed by atoms with Gasteiger partial charge in [-0.15, -0.1) is 18.2 Å². The van der Waals surface area contributed by atoms with Gasteiger partial charge in [0.05, 0.1) is 6.54 Å². The molecule has 32 heavy (non-hydrogen) atoms. The van der Waals surface area contributed by atoms with E-state index in [-0.39, 0.29) is 12.5 Å². The summed E-state index contributed by atoms with van der Waals surface area (Å²) in [7, 11) is 2.22. The average Bonchev–Trinajstić information content (AvgIpc) is 3.63. The Morgan fingerprint density at radius 1 is 1.22 bits per heavy atom. The Hall–Kier alpha value is -1.97. The van der Waals surface area contributed by atoms with Crippen molar-refractivity contribution >= 4 is 24.1 Å². The lowest BCUT2D eigenvalue weighted by molar-refractivity contribution is -0.125. The maximum Gasteiger partial charge on any atom is 0.243 e. The highest BCUT2D eigenvalue weighted by Gasteiger charge is 2.28. The molecular formula is C26H41N3O2S. The lowest BCUT2D eigenvalue weighted by Gasteiger charge is -2.29. The molecule has 2 aliphatic rings. The number of carbonyl (C=O) groups is 2. The van der Waals surface area contributed by atoms with E-state index in [0.29, 0.717) is 12.3 Å². The normalized spacial score (nSPS) is 16.8. The number of nitrogens with one attached hydrogen (secondary N) is 2. The van der Waals surface area contributed by atoms with Gasteiger partial charge in [-0.05, 0) is 75.2 Å². The number of hydrogen-bond acceptors (Lipinski definition) is 4. The molecule has 2 N–H and O–H groups in total. The zero-order valence-corrected chi connectivity index (χ0v) is 21.0. The molecule has 1 aromatic rings. The highest BCUT2D eigenvalue weighted by atomic mass is 32.2. The number of thioether (sulfide) groups is 1. The van der Waals surface area contributed by atoms with E-state index in [1.54, 1.807) is 0 Å². The number of likely N-dealkylation sites (tertiary alicyclic amines) is 1. The van der Waals surface area contributed by atoms with Crippen LogP contribution in [0.25, 0.3) is 0 Å². The van der Waals surface area contributed by atoms with Crippen LogP contribution < -0.4 is 10.6 Å². The minimum absolute atomic E-state index is 0.193. The Labute approximate surface area is 199 Å². The Balaban J connectivity index is 0.000000286. The third kappa shape index (κ3) is 11.6. The number of carbonyl (C=O) groups excluding carboxylic acids is 2. The van der Waals surface area contributed by atoms with E-state index in [1.807, 2.05) is 11.8 Å². The smallest absolute Gasteiger partial charge is 0.243 e. The molecule has 1 saturated carbocycles. The number of terminal acetylenes is 1. The van der Waals surface area contributed by atoms with Crippen LogP contribution >= 0.6 is 11.8 Å². The number of rotatable bonds is 8. The average molecular weight is 460 g/mol. The fraction of sp³-hybridized carbons (Fsp3) is 0.615. The van der Waals surface area contributed by atoms with Crippen molar-refractivity contribution < 1.29 is 9.59 Å². The van der Waals surface area contributed by atoms with Crippen LogP contribution in [0.2, 0.25) is 0 Å². The van der Waals surface area contributed by atoms with Crippen molar-refractivity contribution in [2.75, 3.05) is 32.9 Å². The molecule has 1 atom stereocenters. The SMILES string of the molecule is C#CCNC(=O)C(CC1CC1)NC=O.CCC.CSc1ccc(C2CCN(C)CC2)cc1. The number of piperidine rings is 1. The van der Waals surface area contributed by atoms with Crippen molar-refractivity contribution in [2.24, 2.45) is 5.92 Å². The van der Waals surface area contributed by atoms with Crippen LogP contribution in [0.1, 0.15) is 63.9 Å². The molecule has 0 spiro atoms. The van der Waals surface area contributed by atoms with Crippen LogP contribution in [0.4, 0.5) is 0 Å². The zero-order chi connectivity index (χ0) is 23.8. The summed E-state index contributed by atoms with van der Waals surface area (Å²) >= 11 is 1.82. The lowest BCUT2D eigenvalue weighted by Crippen LogP contribution is -2.44. The number of benzene rings is 1. The quantitative estimate of drug-likeness (QED) is 0.346. The van der Waals surface area contributed by atoms with E-state index in [4.69, 9.17) is 6.42 Å². The first-order chi connectivity index (χ1) is 15.5. The molecule has 6 heteroatoms. The molecular weight excluding hydrogens is 418 g/mol. The Morgan fingerprint density at radius 3 is 2.28 bits per heavy atom. The third-order valence-corrected chi connectivity index (χ3v) is 6.27.